The molecule has 3 aromatic rings. The normalized spacial score (nSPS) is 18.9. The van der Waals surface area contributed by atoms with Crippen LogP contribution in [0.3, 0.4) is 0 Å². The molecule has 132 valence electrons. The Kier molecular flexibility index (Phi) is 4.40. The number of hydrogen-bond donors (Lipinski definition) is 3. The number of aromatic nitrogens is 5. The van der Waals surface area contributed by atoms with E-state index in [1.54, 1.807) is 6.33 Å². The maximum Gasteiger partial charge on any atom is 0.157 e. The molecule has 4 rings (SSSR count). The van der Waals surface area contributed by atoms with Crippen LogP contribution < -0.4 is 5.32 Å². The van der Waals surface area contributed by atoms with E-state index < -0.39 is 0 Å². The van der Waals surface area contributed by atoms with E-state index in [0.29, 0.717) is 12.1 Å². The van der Waals surface area contributed by atoms with Gasteiger partial charge in [0, 0.05) is 24.5 Å². The average Bonchev–Trinajstić information content (AvgIpc) is 3.25. The molecule has 3 N–H and O–H groups in total. The second-order valence-corrected chi connectivity index (χ2v) is 7.06. The number of pyridine rings is 1. The Bertz CT molecular complexity index is 821. The van der Waals surface area contributed by atoms with Crippen LogP contribution in [0.15, 0.2) is 24.7 Å². The molecular formula is C18H25N7. The van der Waals surface area contributed by atoms with E-state index in [1.165, 1.54) is 12.8 Å². The highest BCUT2D eigenvalue weighted by Crippen LogP contribution is 2.32. The quantitative estimate of drug-likeness (QED) is 0.664. The van der Waals surface area contributed by atoms with E-state index in [-0.39, 0.29) is 0 Å². The van der Waals surface area contributed by atoms with Crippen molar-refractivity contribution in [3.8, 4) is 0 Å². The summed E-state index contributed by atoms with van der Waals surface area (Å²) >= 11 is 0. The molecule has 0 spiro atoms. The summed E-state index contributed by atoms with van der Waals surface area (Å²) in [4.78, 5) is 14.7. The number of rotatable bonds is 5. The first kappa shape index (κ1) is 16.1. The predicted molar refractivity (Wildman–Crippen MR) is 98.2 cm³/mol. The Morgan fingerprint density at radius 1 is 1.32 bits per heavy atom. The van der Waals surface area contributed by atoms with Gasteiger partial charge in [-0.05, 0) is 45.4 Å². The molecule has 0 aliphatic carbocycles. The van der Waals surface area contributed by atoms with Crippen molar-refractivity contribution >= 4 is 16.9 Å². The molecule has 3 aromatic heterocycles. The molecule has 1 saturated heterocycles. The van der Waals surface area contributed by atoms with E-state index in [4.69, 9.17) is 4.98 Å². The fraction of sp³-hybridized carbons (Fsp3) is 0.500. The van der Waals surface area contributed by atoms with E-state index in [1.807, 2.05) is 6.20 Å². The standard InChI is InChI=1S/C18H25N7/c1-12(2)21-17-14-6-7-15(22-18(14)24-23-17)16-5-3-4-8-25(16)10-13-9-19-11-20-13/h6-7,9,11-12,16H,3-5,8,10H2,1-2H3,(H,19,20)(H2,21,22,23,24)/t16-/m0/s1. The van der Waals surface area contributed by atoms with E-state index >= 15 is 0 Å². The van der Waals surface area contributed by atoms with Crippen LogP contribution in [0.25, 0.3) is 11.0 Å². The highest BCUT2D eigenvalue weighted by Gasteiger charge is 2.26. The van der Waals surface area contributed by atoms with Crippen LogP contribution >= 0.6 is 0 Å². The zero-order chi connectivity index (χ0) is 17.2. The lowest BCUT2D eigenvalue weighted by Gasteiger charge is -2.35. The van der Waals surface area contributed by atoms with Gasteiger partial charge in [-0.3, -0.25) is 10.00 Å². The Hall–Kier alpha value is -2.41. The highest BCUT2D eigenvalue weighted by atomic mass is 15.2. The van der Waals surface area contributed by atoms with Crippen LogP contribution in [0.4, 0.5) is 5.82 Å². The van der Waals surface area contributed by atoms with Crippen molar-refractivity contribution in [1.82, 2.24) is 30.0 Å². The number of piperidine rings is 1. The fourth-order valence-corrected chi connectivity index (χ4v) is 3.59. The Morgan fingerprint density at radius 2 is 2.24 bits per heavy atom. The molecule has 7 heteroatoms. The van der Waals surface area contributed by atoms with Gasteiger partial charge in [-0.25, -0.2) is 9.97 Å². The van der Waals surface area contributed by atoms with Gasteiger partial charge >= 0.3 is 0 Å². The molecule has 1 fully saturated rings. The minimum atomic E-state index is 0.339. The van der Waals surface area contributed by atoms with E-state index in [2.05, 4.69) is 56.4 Å². The van der Waals surface area contributed by atoms with Gasteiger partial charge < -0.3 is 10.3 Å². The fourth-order valence-electron chi connectivity index (χ4n) is 3.59. The van der Waals surface area contributed by atoms with Crippen molar-refractivity contribution in [1.29, 1.82) is 0 Å². The molecule has 7 nitrogen and oxygen atoms in total. The molecule has 4 heterocycles. The number of aromatic amines is 2. The second kappa shape index (κ2) is 6.84. The van der Waals surface area contributed by atoms with Gasteiger partial charge in [0.1, 0.15) is 0 Å². The third-order valence-corrected chi connectivity index (χ3v) is 4.75. The van der Waals surface area contributed by atoms with Gasteiger partial charge in [-0.2, -0.15) is 5.10 Å². The molecule has 0 aromatic carbocycles. The first-order chi connectivity index (χ1) is 12.2. The molecule has 0 unspecified atom stereocenters. The molecule has 0 amide bonds. The molecule has 1 aliphatic heterocycles. The van der Waals surface area contributed by atoms with Gasteiger partial charge in [0.05, 0.1) is 23.4 Å². The highest BCUT2D eigenvalue weighted by molar-refractivity contribution is 5.87. The minimum absolute atomic E-state index is 0.339. The maximum atomic E-state index is 4.88. The SMILES string of the molecule is CC(C)Nc1n[nH]c2nc([C@@H]3CCCCN3Cc3cnc[nH]3)ccc12. The summed E-state index contributed by atoms with van der Waals surface area (Å²) in [6.45, 7) is 6.19. The number of imidazole rings is 1. The maximum absolute atomic E-state index is 4.88. The first-order valence-corrected chi connectivity index (χ1v) is 9.03. The monoisotopic (exact) mass is 339 g/mol. The van der Waals surface area contributed by atoms with Crippen LogP contribution in [-0.2, 0) is 6.54 Å². The molecule has 1 atom stereocenters. The van der Waals surface area contributed by atoms with Crippen molar-refractivity contribution in [3.05, 3.63) is 36.0 Å². The summed E-state index contributed by atoms with van der Waals surface area (Å²) in [5.74, 6) is 0.877. The van der Waals surface area contributed by atoms with Crippen molar-refractivity contribution in [2.45, 2.75) is 51.7 Å². The number of anilines is 1. The summed E-state index contributed by atoms with van der Waals surface area (Å²) in [6.07, 6.45) is 7.26. The zero-order valence-electron chi connectivity index (χ0n) is 14.8. The minimum Gasteiger partial charge on any atom is -0.366 e. The van der Waals surface area contributed by atoms with Crippen molar-refractivity contribution in [2.24, 2.45) is 0 Å². The van der Waals surface area contributed by atoms with Gasteiger partial charge in [-0.1, -0.05) is 6.42 Å². The number of nitrogens with zero attached hydrogens (tertiary/aromatic N) is 4. The van der Waals surface area contributed by atoms with Crippen LogP contribution in [0.2, 0.25) is 0 Å². The Balaban J connectivity index is 1.60. The van der Waals surface area contributed by atoms with Crippen LogP contribution in [-0.4, -0.2) is 42.6 Å². The van der Waals surface area contributed by atoms with Gasteiger partial charge in [-0.15, -0.1) is 0 Å². The van der Waals surface area contributed by atoms with Gasteiger partial charge in [0.2, 0.25) is 0 Å². The summed E-state index contributed by atoms with van der Waals surface area (Å²) in [5, 5.41) is 11.9. The van der Waals surface area contributed by atoms with E-state index in [0.717, 1.165) is 47.7 Å². The topological polar surface area (TPSA) is 85.5 Å². The summed E-state index contributed by atoms with van der Waals surface area (Å²) in [5.41, 5.74) is 3.12. The number of likely N-dealkylation sites (tertiary alicyclic amines) is 1. The molecule has 0 bridgehead atoms. The lowest BCUT2D eigenvalue weighted by atomic mass is 9.98. The molecule has 0 saturated carbocycles. The first-order valence-electron chi connectivity index (χ1n) is 9.03. The summed E-state index contributed by atoms with van der Waals surface area (Å²) < 4.78 is 0. The smallest absolute Gasteiger partial charge is 0.157 e. The van der Waals surface area contributed by atoms with Gasteiger partial charge in [0.15, 0.2) is 11.5 Å². The lowest BCUT2D eigenvalue weighted by molar-refractivity contribution is 0.136. The van der Waals surface area contributed by atoms with Crippen molar-refractivity contribution in [2.75, 3.05) is 11.9 Å². The predicted octanol–water partition coefficient (Wildman–Crippen LogP) is 3.23. The van der Waals surface area contributed by atoms with Crippen LogP contribution in [0.5, 0.6) is 0 Å². The molecule has 25 heavy (non-hydrogen) atoms. The summed E-state index contributed by atoms with van der Waals surface area (Å²) in [6, 6.07) is 4.97. The number of hydrogen-bond acceptors (Lipinski definition) is 5. The lowest BCUT2D eigenvalue weighted by Crippen LogP contribution is -2.33. The van der Waals surface area contributed by atoms with Crippen molar-refractivity contribution in [3.63, 3.8) is 0 Å². The molecular weight excluding hydrogens is 314 g/mol. The van der Waals surface area contributed by atoms with Crippen LogP contribution in [0.1, 0.15) is 50.5 Å². The average molecular weight is 339 g/mol. The van der Waals surface area contributed by atoms with Crippen LogP contribution in [0, 0.1) is 0 Å². The largest absolute Gasteiger partial charge is 0.366 e. The number of fused-ring (bicyclic) bond motifs is 1. The number of H-pyrrole nitrogens is 2. The molecule has 0 radical (unpaired) electrons. The van der Waals surface area contributed by atoms with E-state index in [9.17, 15) is 0 Å². The second-order valence-electron chi connectivity index (χ2n) is 7.06. The summed E-state index contributed by atoms with van der Waals surface area (Å²) in [7, 11) is 0. The van der Waals surface area contributed by atoms with Crippen molar-refractivity contribution < 1.29 is 0 Å². The Labute approximate surface area is 147 Å². The zero-order valence-corrected chi connectivity index (χ0v) is 14.8. The van der Waals surface area contributed by atoms with Gasteiger partial charge in [0.25, 0.3) is 0 Å². The third-order valence-electron chi connectivity index (χ3n) is 4.75. The Morgan fingerprint density at radius 3 is 3.04 bits per heavy atom. The number of nitrogens with one attached hydrogen (secondary N) is 3. The third kappa shape index (κ3) is 3.37. The molecule has 1 aliphatic rings.